The van der Waals surface area contributed by atoms with E-state index in [1.807, 2.05) is 30.3 Å². The molecule has 1 aromatic rings. The highest BCUT2D eigenvalue weighted by Crippen LogP contribution is 2.20. The zero-order valence-electron chi connectivity index (χ0n) is 8.11. The minimum atomic E-state index is -0.313. The van der Waals surface area contributed by atoms with Gasteiger partial charge in [-0.3, -0.25) is 0 Å². The molecule has 0 fully saturated rings. The molecule has 0 aliphatic carbocycles. The molecule has 0 aromatic heterocycles. The van der Waals surface area contributed by atoms with Crippen molar-refractivity contribution in [3.8, 4) is 0 Å². The highest BCUT2D eigenvalue weighted by molar-refractivity contribution is 5.21. The monoisotopic (exact) mass is 177 g/mol. The van der Waals surface area contributed by atoms with E-state index in [1.165, 1.54) is 0 Å². The molecule has 0 aliphatic heterocycles. The van der Waals surface area contributed by atoms with Crippen LogP contribution < -0.4 is 0 Å². The van der Waals surface area contributed by atoms with Gasteiger partial charge in [-0.15, -0.1) is 0 Å². The summed E-state index contributed by atoms with van der Waals surface area (Å²) in [6.45, 7) is 6.05. The molecular weight excluding hydrogens is 160 g/mol. The van der Waals surface area contributed by atoms with E-state index < -0.39 is 0 Å². The molecule has 1 aromatic carbocycles. The van der Waals surface area contributed by atoms with E-state index in [4.69, 9.17) is 0 Å². The third-order valence-corrected chi connectivity index (χ3v) is 2.28. The predicted octanol–water partition coefficient (Wildman–Crippen LogP) is 2.77. The van der Waals surface area contributed by atoms with Crippen LogP contribution in [0.15, 0.2) is 30.3 Å². The van der Waals surface area contributed by atoms with Crippen molar-refractivity contribution in [2.24, 2.45) is 0 Å². The van der Waals surface area contributed by atoms with E-state index in [-0.39, 0.29) is 12.0 Å². The molecule has 71 valence electrons. The highest BCUT2D eigenvalue weighted by atomic mass is 16.3. The van der Waals surface area contributed by atoms with E-state index in [0.717, 1.165) is 18.4 Å². The predicted molar refractivity (Wildman–Crippen MR) is 55.5 cm³/mol. The van der Waals surface area contributed by atoms with E-state index in [0.29, 0.717) is 0 Å². The maximum absolute atomic E-state index is 9.71. The molecular formula is C12H17O. The summed E-state index contributed by atoms with van der Waals surface area (Å²) >= 11 is 0. The van der Waals surface area contributed by atoms with Gasteiger partial charge < -0.3 is 5.11 Å². The van der Waals surface area contributed by atoms with Crippen molar-refractivity contribution in [3.05, 3.63) is 42.8 Å². The lowest BCUT2D eigenvalue weighted by atomic mass is 9.93. The minimum absolute atomic E-state index is 0.00106. The van der Waals surface area contributed by atoms with E-state index in [2.05, 4.69) is 13.8 Å². The average molecular weight is 177 g/mol. The standard InChI is InChI=1S/C12H17O/c1-3-7-12(13)10(2)11-8-5-4-6-9-11/h4-6,8-10,12-13H,2-3,7H2,1H3. The van der Waals surface area contributed by atoms with E-state index in [9.17, 15) is 5.11 Å². The first kappa shape index (κ1) is 10.3. The van der Waals surface area contributed by atoms with Gasteiger partial charge in [0.05, 0.1) is 6.10 Å². The number of hydrogen-bond acceptors (Lipinski definition) is 1. The van der Waals surface area contributed by atoms with Crippen molar-refractivity contribution < 1.29 is 5.11 Å². The minimum Gasteiger partial charge on any atom is -0.392 e. The van der Waals surface area contributed by atoms with Crippen molar-refractivity contribution in [3.63, 3.8) is 0 Å². The fraction of sp³-hybridized carbons (Fsp3) is 0.417. The molecule has 0 spiro atoms. The molecule has 2 atom stereocenters. The Bertz CT molecular complexity index is 230. The molecule has 0 bridgehead atoms. The summed E-state index contributed by atoms with van der Waals surface area (Å²) in [5.74, 6) is 0.00106. The molecule has 1 nitrogen and oxygen atoms in total. The molecule has 0 amide bonds. The van der Waals surface area contributed by atoms with Crippen LogP contribution in [0.5, 0.6) is 0 Å². The van der Waals surface area contributed by atoms with Crippen LogP contribution in [-0.2, 0) is 0 Å². The second-order valence-electron chi connectivity index (χ2n) is 3.37. The smallest absolute Gasteiger partial charge is 0.0608 e. The Kier molecular flexibility index (Phi) is 3.97. The van der Waals surface area contributed by atoms with Gasteiger partial charge in [0.2, 0.25) is 0 Å². The Morgan fingerprint density at radius 1 is 1.31 bits per heavy atom. The number of rotatable bonds is 4. The summed E-state index contributed by atoms with van der Waals surface area (Å²) in [5, 5.41) is 9.71. The quantitative estimate of drug-likeness (QED) is 0.749. The van der Waals surface area contributed by atoms with Gasteiger partial charge in [-0.25, -0.2) is 0 Å². The molecule has 2 unspecified atom stereocenters. The zero-order chi connectivity index (χ0) is 9.68. The first-order valence-corrected chi connectivity index (χ1v) is 4.81. The lowest BCUT2D eigenvalue weighted by Crippen LogP contribution is -2.15. The topological polar surface area (TPSA) is 20.2 Å². The maximum atomic E-state index is 9.71. The van der Waals surface area contributed by atoms with E-state index >= 15 is 0 Å². The van der Waals surface area contributed by atoms with Crippen molar-refractivity contribution >= 4 is 0 Å². The van der Waals surface area contributed by atoms with Crippen LogP contribution >= 0.6 is 0 Å². The number of benzene rings is 1. The van der Waals surface area contributed by atoms with Crippen LogP contribution in [0.2, 0.25) is 0 Å². The van der Waals surface area contributed by atoms with Gasteiger partial charge in [-0.05, 0) is 18.9 Å². The molecule has 0 heterocycles. The maximum Gasteiger partial charge on any atom is 0.0608 e. The third-order valence-electron chi connectivity index (χ3n) is 2.28. The molecule has 1 rings (SSSR count). The Morgan fingerprint density at radius 2 is 1.92 bits per heavy atom. The van der Waals surface area contributed by atoms with Crippen LogP contribution in [0.4, 0.5) is 0 Å². The largest absolute Gasteiger partial charge is 0.392 e. The van der Waals surface area contributed by atoms with Gasteiger partial charge in [0.1, 0.15) is 0 Å². The average Bonchev–Trinajstić information content (AvgIpc) is 2.18. The van der Waals surface area contributed by atoms with Crippen molar-refractivity contribution in [1.82, 2.24) is 0 Å². The Morgan fingerprint density at radius 3 is 2.46 bits per heavy atom. The molecule has 1 heteroatoms. The van der Waals surface area contributed by atoms with Crippen molar-refractivity contribution in [2.75, 3.05) is 0 Å². The van der Waals surface area contributed by atoms with E-state index in [1.54, 1.807) is 0 Å². The second-order valence-corrected chi connectivity index (χ2v) is 3.37. The van der Waals surface area contributed by atoms with Gasteiger partial charge in [0.25, 0.3) is 0 Å². The first-order valence-electron chi connectivity index (χ1n) is 4.81. The molecule has 0 aliphatic rings. The fourth-order valence-corrected chi connectivity index (χ4v) is 1.42. The SMILES string of the molecule is [CH2]C(c1ccccc1)C(O)CCC. The molecule has 0 saturated carbocycles. The lowest BCUT2D eigenvalue weighted by molar-refractivity contribution is 0.147. The van der Waals surface area contributed by atoms with Gasteiger partial charge in [0, 0.05) is 5.92 Å². The summed E-state index contributed by atoms with van der Waals surface area (Å²) in [6, 6.07) is 9.95. The summed E-state index contributed by atoms with van der Waals surface area (Å²) in [5.41, 5.74) is 1.11. The van der Waals surface area contributed by atoms with Crippen molar-refractivity contribution in [2.45, 2.75) is 31.8 Å². The summed E-state index contributed by atoms with van der Waals surface area (Å²) in [4.78, 5) is 0. The number of hydrogen-bond donors (Lipinski definition) is 1. The summed E-state index contributed by atoms with van der Waals surface area (Å²) in [7, 11) is 0. The van der Waals surface area contributed by atoms with Crippen molar-refractivity contribution in [1.29, 1.82) is 0 Å². The number of aliphatic hydroxyl groups is 1. The van der Waals surface area contributed by atoms with Gasteiger partial charge >= 0.3 is 0 Å². The first-order chi connectivity index (χ1) is 6.25. The summed E-state index contributed by atoms with van der Waals surface area (Å²) < 4.78 is 0. The van der Waals surface area contributed by atoms with Crippen LogP contribution in [0.3, 0.4) is 0 Å². The Labute approximate surface area is 80.4 Å². The van der Waals surface area contributed by atoms with Crippen LogP contribution in [0.1, 0.15) is 31.2 Å². The molecule has 0 saturated heterocycles. The normalized spacial score (nSPS) is 15.3. The van der Waals surface area contributed by atoms with Crippen LogP contribution in [0, 0.1) is 6.92 Å². The Hall–Kier alpha value is -0.820. The zero-order valence-corrected chi connectivity index (χ0v) is 8.11. The van der Waals surface area contributed by atoms with Crippen LogP contribution in [-0.4, -0.2) is 11.2 Å². The van der Waals surface area contributed by atoms with Crippen LogP contribution in [0.25, 0.3) is 0 Å². The fourth-order valence-electron chi connectivity index (χ4n) is 1.42. The van der Waals surface area contributed by atoms with Gasteiger partial charge in [0.15, 0.2) is 0 Å². The molecule has 1 radical (unpaired) electrons. The third kappa shape index (κ3) is 2.85. The summed E-state index contributed by atoms with van der Waals surface area (Å²) in [6.07, 6.45) is 1.51. The molecule has 1 N–H and O–H groups in total. The molecule has 13 heavy (non-hydrogen) atoms. The van der Waals surface area contributed by atoms with Gasteiger partial charge in [-0.1, -0.05) is 43.7 Å². The second kappa shape index (κ2) is 5.03. The highest BCUT2D eigenvalue weighted by Gasteiger charge is 2.14. The number of aliphatic hydroxyl groups excluding tert-OH is 1. The lowest BCUT2D eigenvalue weighted by Gasteiger charge is -2.18. The Balaban J connectivity index is 2.62. The van der Waals surface area contributed by atoms with Gasteiger partial charge in [-0.2, -0.15) is 0 Å².